The quantitative estimate of drug-likeness (QED) is 0.376. The van der Waals surface area contributed by atoms with E-state index >= 15 is 0 Å². The summed E-state index contributed by atoms with van der Waals surface area (Å²) in [6, 6.07) is 8.46. The molecule has 4 aliphatic rings. The van der Waals surface area contributed by atoms with Gasteiger partial charge in [-0.1, -0.05) is 31.6 Å². The van der Waals surface area contributed by atoms with Crippen molar-refractivity contribution in [2.75, 3.05) is 33.0 Å². The van der Waals surface area contributed by atoms with E-state index in [1.165, 1.54) is 22.3 Å². The second-order valence-corrected chi connectivity index (χ2v) is 11.1. The highest BCUT2D eigenvalue weighted by atomic mass is 16.5. The van der Waals surface area contributed by atoms with Crippen molar-refractivity contribution in [3.05, 3.63) is 52.6 Å². The minimum absolute atomic E-state index is 0.228. The van der Waals surface area contributed by atoms with Crippen LogP contribution in [0.2, 0.25) is 0 Å². The lowest BCUT2D eigenvalue weighted by Gasteiger charge is -2.50. The van der Waals surface area contributed by atoms with Crippen molar-refractivity contribution >= 4 is 11.6 Å². The number of benzene rings is 1. The summed E-state index contributed by atoms with van der Waals surface area (Å²) in [4.78, 5) is 25.3. The number of carbonyl (C=O) groups excluding carboxylic acids is 2. The second kappa shape index (κ2) is 11.0. The smallest absolute Gasteiger partial charge is 0.156 e. The summed E-state index contributed by atoms with van der Waals surface area (Å²) >= 11 is 0. The Morgan fingerprint density at radius 3 is 2.42 bits per heavy atom. The van der Waals surface area contributed by atoms with Gasteiger partial charge in [0, 0.05) is 30.8 Å². The highest BCUT2D eigenvalue weighted by Crippen LogP contribution is 2.62. The number of Topliss-reactive ketones (excluding diaryl/α,β-unsaturated/α-hetero) is 1. The predicted octanol–water partition coefficient (Wildman–Crippen LogP) is 5.98. The summed E-state index contributed by atoms with van der Waals surface area (Å²) in [5.41, 5.74) is 5.24. The second-order valence-electron chi connectivity index (χ2n) is 11.1. The van der Waals surface area contributed by atoms with Gasteiger partial charge in [-0.3, -0.25) is 9.59 Å². The molecule has 0 N–H and O–H groups in total. The van der Waals surface area contributed by atoms with Crippen molar-refractivity contribution in [2.45, 2.75) is 71.1 Å². The average molecular weight is 493 g/mol. The molecule has 0 saturated heterocycles. The minimum Gasteiger partial charge on any atom is -0.491 e. The van der Waals surface area contributed by atoms with Crippen LogP contribution in [0.1, 0.15) is 76.7 Å². The first kappa shape index (κ1) is 25.4. The lowest BCUT2D eigenvalue weighted by molar-refractivity contribution is -0.128. The first-order valence-electron chi connectivity index (χ1n) is 13.9. The average Bonchev–Trinajstić information content (AvgIpc) is 3.19. The number of carbonyl (C=O) groups is 2. The van der Waals surface area contributed by atoms with Crippen molar-refractivity contribution in [3.8, 4) is 5.75 Å². The Balaban J connectivity index is 1.32. The van der Waals surface area contributed by atoms with Crippen LogP contribution in [0, 0.1) is 17.3 Å². The molecule has 194 valence electrons. The van der Waals surface area contributed by atoms with Gasteiger partial charge in [0.1, 0.15) is 18.1 Å². The molecule has 0 heterocycles. The Bertz CT molecular complexity index is 1040. The van der Waals surface area contributed by atoms with Crippen molar-refractivity contribution in [2.24, 2.45) is 17.3 Å². The summed E-state index contributed by atoms with van der Waals surface area (Å²) in [6.45, 7) is 7.34. The third-order valence-corrected chi connectivity index (χ3v) is 8.94. The number of hydrogen-bond acceptors (Lipinski definition) is 5. The van der Waals surface area contributed by atoms with Gasteiger partial charge < -0.3 is 14.2 Å². The maximum absolute atomic E-state index is 13.1. The van der Waals surface area contributed by atoms with Gasteiger partial charge in [-0.2, -0.15) is 0 Å². The van der Waals surface area contributed by atoms with E-state index in [1.807, 2.05) is 6.08 Å². The van der Waals surface area contributed by atoms with Gasteiger partial charge in [-0.05, 0) is 85.3 Å². The van der Waals surface area contributed by atoms with Crippen molar-refractivity contribution < 1.29 is 23.8 Å². The number of fused-ring (bicyclic) bond motifs is 4. The summed E-state index contributed by atoms with van der Waals surface area (Å²) in [5, 5.41) is 0. The van der Waals surface area contributed by atoms with Crippen LogP contribution in [-0.4, -0.2) is 44.6 Å². The van der Waals surface area contributed by atoms with Crippen LogP contribution in [0.25, 0.3) is 0 Å². The van der Waals surface area contributed by atoms with E-state index in [4.69, 9.17) is 14.2 Å². The van der Waals surface area contributed by atoms with Crippen LogP contribution >= 0.6 is 0 Å². The SMILES string of the molecule is CCCOCCOCCOc1ccc(C2CC3(C)C(=O)CCC3C3CCC4=CC(=O)CCC4=C23)cc1. The van der Waals surface area contributed by atoms with E-state index in [9.17, 15) is 9.59 Å². The van der Waals surface area contributed by atoms with Crippen LogP contribution in [0.5, 0.6) is 5.75 Å². The number of ether oxygens (including phenoxy) is 3. The Morgan fingerprint density at radius 1 is 0.889 bits per heavy atom. The van der Waals surface area contributed by atoms with Crippen LogP contribution in [-0.2, 0) is 19.1 Å². The minimum atomic E-state index is -0.238. The van der Waals surface area contributed by atoms with Gasteiger partial charge in [-0.15, -0.1) is 0 Å². The molecule has 0 radical (unpaired) electrons. The first-order valence-corrected chi connectivity index (χ1v) is 13.9. The Morgan fingerprint density at radius 2 is 1.64 bits per heavy atom. The number of hydrogen-bond donors (Lipinski definition) is 0. The maximum atomic E-state index is 13.1. The molecular formula is C31H40O5. The van der Waals surface area contributed by atoms with Crippen LogP contribution in [0.3, 0.4) is 0 Å². The zero-order valence-electron chi connectivity index (χ0n) is 21.9. The van der Waals surface area contributed by atoms with E-state index in [0.717, 1.165) is 50.9 Å². The van der Waals surface area contributed by atoms with E-state index < -0.39 is 0 Å². The van der Waals surface area contributed by atoms with E-state index in [-0.39, 0.29) is 17.1 Å². The molecule has 4 atom stereocenters. The van der Waals surface area contributed by atoms with E-state index in [2.05, 4.69) is 38.1 Å². The standard InChI is InChI=1S/C31H40O5/c1-3-14-34-15-16-35-17-18-36-24-8-4-21(5-9-24)27-20-31(2)28(12-13-29(31)33)26-10-6-22-19-23(32)7-11-25(22)30(26)27/h4-5,8-9,19,26-28H,3,6-7,10-18,20H2,1-2H3. The molecule has 5 rings (SSSR count). The fraction of sp³-hybridized carbons (Fsp3) is 0.613. The van der Waals surface area contributed by atoms with Gasteiger partial charge in [0.2, 0.25) is 0 Å². The normalized spacial score (nSPS) is 29.5. The molecule has 2 saturated carbocycles. The highest BCUT2D eigenvalue weighted by molar-refractivity contribution is 5.93. The molecule has 0 spiro atoms. The van der Waals surface area contributed by atoms with Gasteiger partial charge in [-0.25, -0.2) is 0 Å². The molecule has 0 aliphatic heterocycles. The van der Waals surface area contributed by atoms with E-state index in [0.29, 0.717) is 56.9 Å². The predicted molar refractivity (Wildman–Crippen MR) is 139 cm³/mol. The summed E-state index contributed by atoms with van der Waals surface area (Å²) in [6.07, 6.45) is 9.04. The molecule has 1 aromatic carbocycles. The van der Waals surface area contributed by atoms with Crippen molar-refractivity contribution in [1.29, 1.82) is 0 Å². The first-order chi connectivity index (χ1) is 17.5. The monoisotopic (exact) mass is 492 g/mol. The molecule has 5 heteroatoms. The van der Waals surface area contributed by atoms with Gasteiger partial charge in [0.25, 0.3) is 0 Å². The molecule has 0 bridgehead atoms. The molecule has 36 heavy (non-hydrogen) atoms. The lowest BCUT2D eigenvalue weighted by Crippen LogP contribution is -2.43. The molecule has 4 unspecified atom stereocenters. The molecule has 5 nitrogen and oxygen atoms in total. The highest BCUT2D eigenvalue weighted by Gasteiger charge is 2.56. The topological polar surface area (TPSA) is 61.8 Å². The molecule has 0 amide bonds. The van der Waals surface area contributed by atoms with Crippen LogP contribution in [0.15, 0.2) is 47.1 Å². The van der Waals surface area contributed by atoms with Crippen LogP contribution in [0.4, 0.5) is 0 Å². The zero-order valence-corrected chi connectivity index (χ0v) is 21.9. The van der Waals surface area contributed by atoms with Gasteiger partial charge in [0.15, 0.2) is 5.78 Å². The molecule has 0 aromatic heterocycles. The summed E-state index contributed by atoms with van der Waals surface area (Å²) in [7, 11) is 0. The van der Waals surface area contributed by atoms with Gasteiger partial charge in [0.05, 0.1) is 19.8 Å². The number of rotatable bonds is 10. The largest absolute Gasteiger partial charge is 0.491 e. The molecular weight excluding hydrogens is 452 g/mol. The maximum Gasteiger partial charge on any atom is 0.156 e. The third-order valence-electron chi connectivity index (χ3n) is 8.94. The van der Waals surface area contributed by atoms with Crippen molar-refractivity contribution in [3.63, 3.8) is 0 Å². The number of allylic oxidation sites excluding steroid dienone is 4. The molecule has 4 aliphatic carbocycles. The third kappa shape index (κ3) is 4.97. The molecule has 2 fully saturated rings. The Kier molecular flexibility index (Phi) is 7.78. The molecule has 1 aromatic rings. The zero-order chi connectivity index (χ0) is 25.1. The lowest BCUT2D eigenvalue weighted by atomic mass is 9.53. The van der Waals surface area contributed by atoms with Crippen molar-refractivity contribution in [1.82, 2.24) is 0 Å². The number of ketones is 2. The Labute approximate surface area is 215 Å². The van der Waals surface area contributed by atoms with Gasteiger partial charge >= 0.3 is 0 Å². The summed E-state index contributed by atoms with van der Waals surface area (Å²) in [5.74, 6) is 2.67. The van der Waals surface area contributed by atoms with E-state index in [1.54, 1.807) is 0 Å². The van der Waals surface area contributed by atoms with Crippen LogP contribution < -0.4 is 4.74 Å². The Hall–Kier alpha value is -2.24. The summed E-state index contributed by atoms with van der Waals surface area (Å²) < 4.78 is 16.9. The fourth-order valence-electron chi connectivity index (χ4n) is 7.21. The fourth-order valence-corrected chi connectivity index (χ4v) is 7.21.